The molecule has 0 saturated heterocycles. The molecule has 0 rings (SSSR count). The number of ether oxygens (including phenoxy) is 1. The molecule has 0 atom stereocenters. The zero-order valence-corrected chi connectivity index (χ0v) is 23.8. The average Bonchev–Trinajstić information content (AvgIpc) is 2.73. The molecule has 0 N–H and O–H groups in total. The van der Waals surface area contributed by atoms with Gasteiger partial charge in [0.1, 0.15) is 0 Å². The summed E-state index contributed by atoms with van der Waals surface area (Å²) in [4.78, 5) is 12.9. The molecule has 0 aliphatic rings. The van der Waals surface area contributed by atoms with Gasteiger partial charge in [-0.3, -0.25) is 0 Å². The van der Waals surface area contributed by atoms with E-state index in [1.807, 2.05) is 6.92 Å². The second-order valence-electron chi connectivity index (χ2n) is 8.52. The molecule has 3 nitrogen and oxygen atoms in total. The van der Waals surface area contributed by atoms with E-state index < -0.39 is 18.8 Å². The summed E-state index contributed by atoms with van der Waals surface area (Å²) in [5.41, 5.74) is 0.739. The van der Waals surface area contributed by atoms with Gasteiger partial charge in [0.2, 0.25) is 0 Å². The van der Waals surface area contributed by atoms with E-state index in [4.69, 9.17) is 7.81 Å². The predicted octanol–water partition coefficient (Wildman–Crippen LogP) is 8.02. The van der Waals surface area contributed by atoms with Crippen molar-refractivity contribution in [2.45, 2.75) is 120 Å². The van der Waals surface area contributed by atoms with Crippen LogP contribution in [0.2, 0.25) is 13.3 Å². The Kier molecular flexibility index (Phi) is 17.6. The number of carbonyl (C=O) groups excluding carboxylic acids is 1. The van der Waals surface area contributed by atoms with E-state index in [0.29, 0.717) is 19.4 Å². The second kappa shape index (κ2) is 18.0. The van der Waals surface area contributed by atoms with Gasteiger partial charge in [0.05, 0.1) is 0 Å². The molecule has 0 radical (unpaired) electrons. The monoisotopic (exact) mass is 528 g/mol. The third kappa shape index (κ3) is 11.7. The molecule has 0 unspecified atom stereocenters. The molecular weight excluding hydrogens is 479 g/mol. The molecule has 174 valence electrons. The Morgan fingerprint density at radius 1 is 0.867 bits per heavy atom. The Labute approximate surface area is 192 Å². The van der Waals surface area contributed by atoms with Crippen LogP contribution in [0.5, 0.6) is 0 Å². The minimum atomic E-state index is -2.89. The van der Waals surface area contributed by atoms with Gasteiger partial charge in [0, 0.05) is 0 Å². The molecule has 0 aliphatic carbocycles. The van der Waals surface area contributed by atoms with Crippen LogP contribution in [0.4, 0.5) is 0 Å². The molecule has 0 spiro atoms. The number of esters is 1. The van der Waals surface area contributed by atoms with Crippen LogP contribution in [-0.4, -0.2) is 31.4 Å². The molecule has 0 fully saturated rings. The number of rotatable bonds is 16. The molecule has 0 saturated carbocycles. The normalized spacial score (nSPS) is 12.3. The zero-order valence-electron chi connectivity index (χ0n) is 21.0. The van der Waals surface area contributed by atoms with E-state index in [1.54, 1.807) is 0 Å². The Balaban J connectivity index is 6.13. The number of allylic oxidation sites excluding steroid dienone is 1. The van der Waals surface area contributed by atoms with Crippen molar-refractivity contribution >= 4 is 24.8 Å². The molecule has 0 aromatic carbocycles. The van der Waals surface area contributed by atoms with E-state index >= 15 is 0 Å². The summed E-state index contributed by atoms with van der Waals surface area (Å²) in [5, 5.41) is 0. The van der Waals surface area contributed by atoms with E-state index in [-0.39, 0.29) is 11.9 Å². The first kappa shape index (κ1) is 29.4. The summed E-state index contributed by atoms with van der Waals surface area (Å²) in [6.07, 6.45) is 9.49. The van der Waals surface area contributed by atoms with Crippen LogP contribution in [0.25, 0.3) is 0 Å². The zero-order chi connectivity index (χ0) is 22.8. The number of hydrogen-bond acceptors (Lipinski definition) is 3. The van der Waals surface area contributed by atoms with Crippen LogP contribution in [0.3, 0.4) is 0 Å². The van der Waals surface area contributed by atoms with Gasteiger partial charge in [-0.15, -0.1) is 0 Å². The van der Waals surface area contributed by atoms with E-state index in [9.17, 15) is 4.79 Å². The first-order valence-corrected chi connectivity index (χ1v) is 19.7. The van der Waals surface area contributed by atoms with Crippen LogP contribution in [0.15, 0.2) is 11.3 Å². The first-order chi connectivity index (χ1) is 14.4. The predicted molar refractivity (Wildman–Crippen MR) is 132 cm³/mol. The van der Waals surface area contributed by atoms with Crippen molar-refractivity contribution in [2.75, 3.05) is 6.61 Å². The molecule has 0 aromatic rings. The Bertz CT molecular complexity index is 533. The topological polar surface area (TPSA) is 35.5 Å². The standard InChI is InChI=1S/C14H22O3.3C4H9.Sn/c1-5-7-8-9-10-12(13(15)11(3)4)14(16)17-6-2;3*1-3-4-2;/h11,15H,5-6,9-10H2,1-4H3;3*1,3-4H2,2H3;/q;;;;+1/p-1/b13-12-;;;;. The van der Waals surface area contributed by atoms with Gasteiger partial charge in [-0.1, -0.05) is 0 Å². The number of hydrogen-bond donors (Lipinski definition) is 0. The molecule has 4 heteroatoms. The molecule has 30 heavy (non-hydrogen) atoms. The molecule has 0 amide bonds. The molecule has 0 aliphatic heterocycles. The van der Waals surface area contributed by atoms with E-state index in [1.165, 1.54) is 51.8 Å². The maximum atomic E-state index is 12.9. The summed E-state index contributed by atoms with van der Waals surface area (Å²) in [6.45, 7) is 15.4. The Morgan fingerprint density at radius 3 is 1.80 bits per heavy atom. The minimum absolute atomic E-state index is 0.185. The summed E-state index contributed by atoms with van der Waals surface area (Å²) >= 11 is -2.89. The average molecular weight is 527 g/mol. The van der Waals surface area contributed by atoms with E-state index in [2.05, 4.69) is 53.4 Å². The molecule has 0 bridgehead atoms. The van der Waals surface area contributed by atoms with Crippen molar-refractivity contribution in [2.24, 2.45) is 5.92 Å². The van der Waals surface area contributed by atoms with Gasteiger partial charge >= 0.3 is 193 Å². The van der Waals surface area contributed by atoms with Gasteiger partial charge in [-0.25, -0.2) is 0 Å². The van der Waals surface area contributed by atoms with Crippen molar-refractivity contribution in [3.63, 3.8) is 0 Å². The maximum absolute atomic E-state index is 12.9. The fourth-order valence-corrected chi connectivity index (χ4v) is 17.6. The van der Waals surface area contributed by atoms with Crippen molar-refractivity contribution < 1.29 is 12.6 Å². The fraction of sp³-hybridized carbons (Fsp3) is 0.808. The number of unbranched alkanes of at least 4 members (excludes halogenated alkanes) is 3. The van der Waals surface area contributed by atoms with Crippen LogP contribution < -0.4 is 0 Å². The summed E-state index contributed by atoms with van der Waals surface area (Å²) in [6, 6.07) is 0. The SMILES string of the molecule is CCC#CCC/C(C(=O)OCC)=C(/[O][Sn]([CH2]CCC)([CH2]CCC)[CH2]CCC)C(C)C. The van der Waals surface area contributed by atoms with Crippen LogP contribution >= 0.6 is 0 Å². The quantitative estimate of drug-likeness (QED) is 0.0671. The Hall–Kier alpha value is -0.631. The van der Waals surface area contributed by atoms with Crippen molar-refractivity contribution in [3.8, 4) is 11.8 Å². The first-order valence-electron chi connectivity index (χ1n) is 12.5. The van der Waals surface area contributed by atoms with Crippen molar-refractivity contribution in [1.82, 2.24) is 0 Å². The summed E-state index contributed by atoms with van der Waals surface area (Å²) in [7, 11) is 0. The molecule has 0 aromatic heterocycles. The number of carbonyl (C=O) groups is 1. The third-order valence-corrected chi connectivity index (χ3v) is 18.1. The molecule has 0 heterocycles. The second-order valence-corrected chi connectivity index (χ2v) is 20.1. The van der Waals surface area contributed by atoms with Crippen molar-refractivity contribution in [3.05, 3.63) is 11.3 Å². The summed E-state index contributed by atoms with van der Waals surface area (Å²) in [5.74, 6) is 7.21. The van der Waals surface area contributed by atoms with Crippen LogP contribution in [0, 0.1) is 17.8 Å². The van der Waals surface area contributed by atoms with Gasteiger partial charge in [0.25, 0.3) is 0 Å². The fourth-order valence-electron chi connectivity index (χ4n) is 3.73. The Morgan fingerprint density at radius 2 is 1.40 bits per heavy atom. The van der Waals surface area contributed by atoms with Gasteiger partial charge in [-0.05, 0) is 0 Å². The molecular formula is C26H48O3Sn. The van der Waals surface area contributed by atoms with Gasteiger partial charge < -0.3 is 0 Å². The summed E-state index contributed by atoms with van der Waals surface area (Å²) < 4.78 is 16.4. The van der Waals surface area contributed by atoms with Crippen molar-refractivity contribution in [1.29, 1.82) is 0 Å². The van der Waals surface area contributed by atoms with E-state index in [0.717, 1.165) is 17.8 Å². The third-order valence-electron chi connectivity index (χ3n) is 5.43. The van der Waals surface area contributed by atoms with Gasteiger partial charge in [-0.2, -0.15) is 0 Å². The van der Waals surface area contributed by atoms with Crippen LogP contribution in [0.1, 0.15) is 106 Å². The van der Waals surface area contributed by atoms with Crippen LogP contribution in [-0.2, 0) is 12.6 Å². The van der Waals surface area contributed by atoms with Gasteiger partial charge in [0.15, 0.2) is 0 Å².